The molecule has 0 aliphatic heterocycles. The Labute approximate surface area is 63.9 Å². The first-order chi connectivity index (χ1) is 5.33. The Morgan fingerprint density at radius 3 is 2.64 bits per heavy atom. The van der Waals surface area contributed by atoms with Crippen LogP contribution in [-0.2, 0) is 0 Å². The van der Waals surface area contributed by atoms with Crippen LogP contribution in [0.1, 0.15) is 0 Å². The quantitative estimate of drug-likeness (QED) is 0.605. The maximum absolute atomic E-state index is 10.7. The summed E-state index contributed by atoms with van der Waals surface area (Å²) in [5.41, 5.74) is 0.576. The molecule has 0 saturated heterocycles. The molecular weight excluding hydrogens is 144 g/mol. The molecular formula is C6H8N4O. The van der Waals surface area contributed by atoms with Gasteiger partial charge >= 0.3 is 6.03 Å². The van der Waals surface area contributed by atoms with Gasteiger partial charge in [-0.2, -0.15) is 0 Å². The van der Waals surface area contributed by atoms with Gasteiger partial charge in [-0.05, 0) is 0 Å². The van der Waals surface area contributed by atoms with Crippen molar-refractivity contribution in [3.8, 4) is 0 Å². The van der Waals surface area contributed by atoms with Crippen molar-refractivity contribution < 1.29 is 4.79 Å². The molecule has 0 radical (unpaired) electrons. The van der Waals surface area contributed by atoms with Crippen molar-refractivity contribution in [2.24, 2.45) is 0 Å². The van der Waals surface area contributed by atoms with Gasteiger partial charge in [0.1, 0.15) is 6.33 Å². The Morgan fingerprint density at radius 1 is 1.45 bits per heavy atom. The van der Waals surface area contributed by atoms with Crippen LogP contribution in [0.15, 0.2) is 18.7 Å². The molecule has 0 fully saturated rings. The van der Waals surface area contributed by atoms with Crippen LogP contribution in [0.25, 0.3) is 0 Å². The lowest BCUT2D eigenvalue weighted by molar-refractivity contribution is 0.254. The van der Waals surface area contributed by atoms with E-state index in [-0.39, 0.29) is 6.03 Å². The van der Waals surface area contributed by atoms with Crippen molar-refractivity contribution in [2.75, 3.05) is 12.4 Å². The number of amides is 2. The van der Waals surface area contributed by atoms with Crippen LogP contribution < -0.4 is 10.6 Å². The van der Waals surface area contributed by atoms with Crippen molar-refractivity contribution in [1.29, 1.82) is 0 Å². The van der Waals surface area contributed by atoms with E-state index in [0.29, 0.717) is 5.69 Å². The van der Waals surface area contributed by atoms with Gasteiger partial charge in [0.25, 0.3) is 0 Å². The third kappa shape index (κ3) is 2.21. The van der Waals surface area contributed by atoms with Crippen molar-refractivity contribution in [2.45, 2.75) is 0 Å². The topological polar surface area (TPSA) is 66.9 Å². The van der Waals surface area contributed by atoms with Crippen LogP contribution in [0, 0.1) is 0 Å². The van der Waals surface area contributed by atoms with Gasteiger partial charge in [0.2, 0.25) is 0 Å². The highest BCUT2D eigenvalue weighted by atomic mass is 16.2. The summed E-state index contributed by atoms with van der Waals surface area (Å²) in [4.78, 5) is 18.1. The van der Waals surface area contributed by atoms with Crippen molar-refractivity contribution in [1.82, 2.24) is 15.3 Å². The summed E-state index contributed by atoms with van der Waals surface area (Å²) >= 11 is 0. The van der Waals surface area contributed by atoms with E-state index in [1.165, 1.54) is 18.7 Å². The number of nitrogens with one attached hydrogen (secondary N) is 2. The zero-order valence-electron chi connectivity index (χ0n) is 6.03. The minimum atomic E-state index is -0.278. The molecule has 0 aliphatic rings. The molecule has 58 valence electrons. The highest BCUT2D eigenvalue weighted by Crippen LogP contribution is 1.98. The van der Waals surface area contributed by atoms with E-state index in [1.807, 2.05) is 0 Å². The summed E-state index contributed by atoms with van der Waals surface area (Å²) in [6, 6.07) is -0.278. The average Bonchev–Trinajstić information content (AvgIpc) is 2.06. The van der Waals surface area contributed by atoms with Crippen LogP contribution in [0.4, 0.5) is 10.5 Å². The standard InChI is InChI=1S/C6H8N4O/c1-7-6(11)10-5-2-8-4-9-3-5/h2-4H,1H3,(H2,7,10,11). The number of anilines is 1. The number of hydrogen-bond donors (Lipinski definition) is 2. The molecule has 1 heterocycles. The lowest BCUT2D eigenvalue weighted by Gasteiger charge is -2.00. The Hall–Kier alpha value is -1.65. The third-order valence-corrected chi connectivity index (χ3v) is 1.05. The summed E-state index contributed by atoms with van der Waals surface area (Å²) in [6.45, 7) is 0. The van der Waals surface area contributed by atoms with Crippen LogP contribution in [0.5, 0.6) is 0 Å². The fraction of sp³-hybridized carbons (Fsp3) is 0.167. The zero-order chi connectivity index (χ0) is 8.10. The van der Waals surface area contributed by atoms with E-state index in [9.17, 15) is 4.79 Å². The number of aromatic nitrogens is 2. The third-order valence-electron chi connectivity index (χ3n) is 1.05. The van der Waals surface area contributed by atoms with Gasteiger partial charge in [-0.25, -0.2) is 14.8 Å². The van der Waals surface area contributed by atoms with Crippen molar-refractivity contribution in [3.05, 3.63) is 18.7 Å². The number of urea groups is 1. The number of hydrogen-bond acceptors (Lipinski definition) is 3. The summed E-state index contributed by atoms with van der Waals surface area (Å²) in [5, 5.41) is 4.92. The summed E-state index contributed by atoms with van der Waals surface area (Å²) in [6.07, 6.45) is 4.43. The first kappa shape index (κ1) is 7.46. The number of nitrogens with zero attached hydrogens (tertiary/aromatic N) is 2. The molecule has 1 aromatic heterocycles. The fourth-order valence-corrected chi connectivity index (χ4v) is 0.557. The molecule has 2 N–H and O–H groups in total. The van der Waals surface area contributed by atoms with Crippen LogP contribution >= 0.6 is 0 Å². The monoisotopic (exact) mass is 152 g/mol. The second-order valence-electron chi connectivity index (χ2n) is 1.83. The largest absolute Gasteiger partial charge is 0.341 e. The minimum Gasteiger partial charge on any atom is -0.341 e. The summed E-state index contributed by atoms with van der Waals surface area (Å²) in [5.74, 6) is 0. The maximum atomic E-state index is 10.7. The molecule has 0 bridgehead atoms. The maximum Gasteiger partial charge on any atom is 0.319 e. The Balaban J connectivity index is 2.58. The van der Waals surface area contributed by atoms with E-state index in [4.69, 9.17) is 0 Å². The highest BCUT2D eigenvalue weighted by molar-refractivity contribution is 5.88. The first-order valence-electron chi connectivity index (χ1n) is 3.06. The predicted molar refractivity (Wildman–Crippen MR) is 40.1 cm³/mol. The van der Waals surface area contributed by atoms with Gasteiger partial charge in [0, 0.05) is 7.05 Å². The molecule has 0 saturated carbocycles. The first-order valence-corrected chi connectivity index (χ1v) is 3.06. The van der Waals surface area contributed by atoms with E-state index in [0.717, 1.165) is 0 Å². The Morgan fingerprint density at radius 2 is 2.09 bits per heavy atom. The van der Waals surface area contributed by atoms with Gasteiger partial charge in [0.15, 0.2) is 0 Å². The molecule has 0 spiro atoms. The SMILES string of the molecule is CNC(=O)Nc1cncnc1. The molecule has 2 amide bonds. The number of rotatable bonds is 1. The van der Waals surface area contributed by atoms with Gasteiger partial charge < -0.3 is 10.6 Å². The predicted octanol–water partition coefficient (Wildman–Crippen LogP) is 0.228. The minimum absolute atomic E-state index is 0.278. The molecule has 5 nitrogen and oxygen atoms in total. The average molecular weight is 152 g/mol. The molecule has 0 aliphatic carbocycles. The molecule has 11 heavy (non-hydrogen) atoms. The second-order valence-corrected chi connectivity index (χ2v) is 1.83. The lowest BCUT2D eigenvalue weighted by Crippen LogP contribution is -2.24. The van der Waals surface area contributed by atoms with Crippen molar-refractivity contribution >= 4 is 11.7 Å². The zero-order valence-corrected chi connectivity index (χ0v) is 6.03. The number of carbonyl (C=O) groups is 1. The smallest absolute Gasteiger partial charge is 0.319 e. The number of carbonyl (C=O) groups excluding carboxylic acids is 1. The highest BCUT2D eigenvalue weighted by Gasteiger charge is 1.95. The molecule has 1 aromatic rings. The van der Waals surface area contributed by atoms with Gasteiger partial charge in [0.05, 0.1) is 18.1 Å². The van der Waals surface area contributed by atoms with E-state index in [2.05, 4.69) is 20.6 Å². The van der Waals surface area contributed by atoms with Crippen LogP contribution in [0.2, 0.25) is 0 Å². The van der Waals surface area contributed by atoms with E-state index in [1.54, 1.807) is 7.05 Å². The van der Waals surface area contributed by atoms with Gasteiger partial charge in [-0.3, -0.25) is 0 Å². The Kier molecular flexibility index (Phi) is 2.37. The van der Waals surface area contributed by atoms with E-state index < -0.39 is 0 Å². The summed E-state index contributed by atoms with van der Waals surface area (Å²) < 4.78 is 0. The Bertz CT molecular complexity index is 236. The van der Waals surface area contributed by atoms with E-state index >= 15 is 0 Å². The lowest BCUT2D eigenvalue weighted by atomic mass is 10.5. The molecule has 5 heteroatoms. The fourth-order valence-electron chi connectivity index (χ4n) is 0.557. The molecule has 1 rings (SSSR count). The molecule has 0 aromatic carbocycles. The molecule has 0 atom stereocenters. The van der Waals surface area contributed by atoms with Crippen LogP contribution in [-0.4, -0.2) is 23.0 Å². The summed E-state index contributed by atoms with van der Waals surface area (Å²) in [7, 11) is 1.54. The van der Waals surface area contributed by atoms with Gasteiger partial charge in [-0.1, -0.05) is 0 Å². The second kappa shape index (κ2) is 3.50. The van der Waals surface area contributed by atoms with Gasteiger partial charge in [-0.15, -0.1) is 0 Å². The van der Waals surface area contributed by atoms with Crippen molar-refractivity contribution in [3.63, 3.8) is 0 Å². The van der Waals surface area contributed by atoms with Crippen LogP contribution in [0.3, 0.4) is 0 Å². The molecule has 0 unspecified atom stereocenters. The normalized spacial score (nSPS) is 8.82.